The van der Waals surface area contributed by atoms with Gasteiger partial charge in [-0.3, -0.25) is 9.69 Å². The number of hydrogen-bond acceptors (Lipinski definition) is 5. The van der Waals surface area contributed by atoms with E-state index >= 15 is 0 Å². The van der Waals surface area contributed by atoms with Crippen molar-refractivity contribution in [1.29, 1.82) is 0 Å². The maximum atomic E-state index is 13.0. The molecule has 0 spiro atoms. The molecular weight excluding hydrogens is 378 g/mol. The third kappa shape index (κ3) is 4.02. The normalized spacial score (nSPS) is 16.8. The Bertz CT molecular complexity index is 1060. The first-order valence-corrected chi connectivity index (χ1v) is 10.6. The third-order valence-corrected chi connectivity index (χ3v) is 6.10. The van der Waals surface area contributed by atoms with E-state index in [-0.39, 0.29) is 11.9 Å². The van der Waals surface area contributed by atoms with Crippen LogP contribution in [0, 0.1) is 27.7 Å². The van der Waals surface area contributed by atoms with Crippen molar-refractivity contribution in [2.75, 3.05) is 39.8 Å². The Labute approximate surface area is 177 Å². The molecule has 0 aliphatic carbocycles. The Balaban J connectivity index is 1.55. The van der Waals surface area contributed by atoms with E-state index in [9.17, 15) is 4.79 Å². The van der Waals surface area contributed by atoms with Crippen LogP contribution in [0.2, 0.25) is 0 Å². The van der Waals surface area contributed by atoms with Gasteiger partial charge in [-0.1, -0.05) is 6.07 Å². The predicted octanol–water partition coefficient (Wildman–Crippen LogP) is 3.98. The maximum absolute atomic E-state index is 13.0. The van der Waals surface area contributed by atoms with Gasteiger partial charge < -0.3 is 19.1 Å². The molecule has 1 fully saturated rings. The average Bonchev–Trinajstić information content (AvgIpc) is 3.26. The zero-order chi connectivity index (χ0) is 21.4. The van der Waals surface area contributed by atoms with Gasteiger partial charge in [-0.15, -0.1) is 0 Å². The second-order valence-corrected chi connectivity index (χ2v) is 8.52. The fraction of sp³-hybridized carbons (Fsp3) is 0.458. The summed E-state index contributed by atoms with van der Waals surface area (Å²) in [5, 5.41) is 4.13. The SMILES string of the molecule is Cc1cc(C)c2c(C)c(C(=O)NC[C@@H](c3ccc(C)o3)N3CCN(C)CC3)oc2c1. The summed E-state index contributed by atoms with van der Waals surface area (Å²) < 4.78 is 11.9. The number of carbonyl (C=O) groups excluding carboxylic acids is 1. The van der Waals surface area contributed by atoms with E-state index in [0.717, 1.165) is 65.4 Å². The van der Waals surface area contributed by atoms with Gasteiger partial charge >= 0.3 is 0 Å². The highest BCUT2D eigenvalue weighted by atomic mass is 16.3. The van der Waals surface area contributed by atoms with Gasteiger partial charge in [0, 0.05) is 43.7 Å². The zero-order valence-corrected chi connectivity index (χ0v) is 18.5. The highest BCUT2D eigenvalue weighted by Gasteiger charge is 2.28. The molecule has 0 saturated carbocycles. The molecule has 1 amide bonds. The number of aryl methyl sites for hydroxylation is 4. The lowest BCUT2D eigenvalue weighted by molar-refractivity contribution is 0.0831. The Morgan fingerprint density at radius 2 is 1.80 bits per heavy atom. The maximum Gasteiger partial charge on any atom is 0.287 e. The van der Waals surface area contributed by atoms with Gasteiger partial charge in [0.1, 0.15) is 17.1 Å². The van der Waals surface area contributed by atoms with Crippen molar-refractivity contribution in [3.05, 3.63) is 58.2 Å². The number of nitrogens with zero attached hydrogens (tertiary/aromatic N) is 2. The summed E-state index contributed by atoms with van der Waals surface area (Å²) >= 11 is 0. The lowest BCUT2D eigenvalue weighted by Gasteiger charge is -2.37. The van der Waals surface area contributed by atoms with E-state index in [4.69, 9.17) is 8.83 Å². The van der Waals surface area contributed by atoms with E-state index in [1.54, 1.807) is 0 Å². The van der Waals surface area contributed by atoms with Gasteiger partial charge in [0.2, 0.25) is 0 Å². The van der Waals surface area contributed by atoms with Crippen LogP contribution in [0.4, 0.5) is 0 Å². The first-order chi connectivity index (χ1) is 14.3. The molecule has 160 valence electrons. The first kappa shape index (κ1) is 20.7. The van der Waals surface area contributed by atoms with Gasteiger partial charge in [0.25, 0.3) is 5.91 Å². The quantitative estimate of drug-likeness (QED) is 0.691. The minimum absolute atomic E-state index is 0.00464. The number of likely N-dealkylation sites (N-methyl/N-ethyl adjacent to an activating group) is 1. The van der Waals surface area contributed by atoms with Gasteiger partial charge in [0.05, 0.1) is 6.04 Å². The molecule has 1 atom stereocenters. The topological polar surface area (TPSA) is 61.9 Å². The number of hydrogen-bond donors (Lipinski definition) is 1. The lowest BCUT2D eigenvalue weighted by Crippen LogP contribution is -2.48. The lowest BCUT2D eigenvalue weighted by atomic mass is 10.0. The van der Waals surface area contributed by atoms with Crippen LogP contribution in [0.1, 0.15) is 44.8 Å². The van der Waals surface area contributed by atoms with Crippen LogP contribution in [0.15, 0.2) is 33.1 Å². The highest BCUT2D eigenvalue weighted by molar-refractivity contribution is 6.00. The Kier molecular flexibility index (Phi) is 5.71. The van der Waals surface area contributed by atoms with Crippen molar-refractivity contribution in [3.63, 3.8) is 0 Å². The van der Waals surface area contributed by atoms with Crippen molar-refractivity contribution >= 4 is 16.9 Å². The van der Waals surface area contributed by atoms with Gasteiger partial charge in [-0.25, -0.2) is 0 Å². The van der Waals surface area contributed by atoms with Gasteiger partial charge in [-0.2, -0.15) is 0 Å². The minimum atomic E-state index is -0.178. The molecule has 1 saturated heterocycles. The molecule has 3 aromatic rings. The number of furan rings is 2. The molecule has 1 aliphatic rings. The summed E-state index contributed by atoms with van der Waals surface area (Å²) in [6, 6.07) is 8.11. The molecule has 6 heteroatoms. The second-order valence-electron chi connectivity index (χ2n) is 8.52. The van der Waals surface area contributed by atoms with Crippen LogP contribution in [0.5, 0.6) is 0 Å². The average molecular weight is 410 g/mol. The molecule has 0 bridgehead atoms. The molecule has 30 heavy (non-hydrogen) atoms. The van der Waals surface area contributed by atoms with Crippen molar-refractivity contribution < 1.29 is 13.6 Å². The summed E-state index contributed by atoms with van der Waals surface area (Å²) in [4.78, 5) is 17.8. The molecule has 6 nitrogen and oxygen atoms in total. The standard InChI is InChI=1S/C24H31N3O3/c1-15-12-16(2)22-18(4)23(30-21(22)13-15)24(28)25-14-19(20-7-6-17(3)29-20)27-10-8-26(5)9-11-27/h6-7,12-13,19H,8-11,14H2,1-5H3,(H,25,28)/t19-/m0/s1. The molecule has 3 heterocycles. The van der Waals surface area contributed by atoms with E-state index in [1.165, 1.54) is 0 Å². The molecule has 0 radical (unpaired) electrons. The molecular formula is C24H31N3O3. The summed E-state index contributed by atoms with van der Waals surface area (Å²) in [5.41, 5.74) is 3.92. The highest BCUT2D eigenvalue weighted by Crippen LogP contribution is 2.30. The van der Waals surface area contributed by atoms with Crippen LogP contribution in [-0.2, 0) is 0 Å². The number of benzene rings is 1. The summed E-state index contributed by atoms with van der Waals surface area (Å²) in [5.74, 6) is 1.99. The van der Waals surface area contributed by atoms with Gasteiger partial charge in [-0.05, 0) is 64.1 Å². The molecule has 1 N–H and O–H groups in total. The number of rotatable bonds is 5. The van der Waals surface area contributed by atoms with Crippen molar-refractivity contribution in [3.8, 4) is 0 Å². The Hall–Kier alpha value is -2.57. The van der Waals surface area contributed by atoms with Crippen molar-refractivity contribution in [2.45, 2.75) is 33.7 Å². The van der Waals surface area contributed by atoms with Crippen LogP contribution in [0.25, 0.3) is 11.0 Å². The number of carbonyl (C=O) groups is 1. The van der Waals surface area contributed by atoms with E-state index in [0.29, 0.717) is 12.3 Å². The van der Waals surface area contributed by atoms with Crippen LogP contribution in [-0.4, -0.2) is 55.5 Å². The molecule has 0 unspecified atom stereocenters. The Morgan fingerprint density at radius 1 is 1.07 bits per heavy atom. The largest absolute Gasteiger partial charge is 0.465 e. The predicted molar refractivity (Wildman–Crippen MR) is 118 cm³/mol. The third-order valence-electron chi connectivity index (χ3n) is 6.10. The summed E-state index contributed by atoms with van der Waals surface area (Å²) in [7, 11) is 2.14. The summed E-state index contributed by atoms with van der Waals surface area (Å²) in [6.45, 7) is 12.4. The van der Waals surface area contributed by atoms with E-state index in [2.05, 4.69) is 35.2 Å². The van der Waals surface area contributed by atoms with Crippen LogP contribution < -0.4 is 5.32 Å². The van der Waals surface area contributed by atoms with Crippen LogP contribution >= 0.6 is 0 Å². The van der Waals surface area contributed by atoms with Crippen molar-refractivity contribution in [1.82, 2.24) is 15.1 Å². The molecule has 1 aliphatic heterocycles. The fourth-order valence-electron chi connectivity index (χ4n) is 4.45. The van der Waals surface area contributed by atoms with E-state index in [1.807, 2.05) is 39.0 Å². The van der Waals surface area contributed by atoms with Gasteiger partial charge in [0.15, 0.2) is 5.76 Å². The molecule has 4 rings (SSSR count). The molecule has 1 aromatic carbocycles. The fourth-order valence-corrected chi connectivity index (χ4v) is 4.45. The van der Waals surface area contributed by atoms with E-state index < -0.39 is 0 Å². The monoisotopic (exact) mass is 409 g/mol. The number of amides is 1. The second kappa shape index (κ2) is 8.28. The number of piperazine rings is 1. The Morgan fingerprint density at radius 3 is 2.47 bits per heavy atom. The first-order valence-electron chi connectivity index (χ1n) is 10.6. The minimum Gasteiger partial charge on any atom is -0.465 e. The summed E-state index contributed by atoms with van der Waals surface area (Å²) in [6.07, 6.45) is 0. The number of fused-ring (bicyclic) bond motifs is 1. The number of nitrogens with one attached hydrogen (secondary N) is 1. The smallest absolute Gasteiger partial charge is 0.287 e. The molecule has 2 aromatic heterocycles. The van der Waals surface area contributed by atoms with Crippen molar-refractivity contribution in [2.24, 2.45) is 0 Å². The van der Waals surface area contributed by atoms with Crippen LogP contribution in [0.3, 0.4) is 0 Å². The zero-order valence-electron chi connectivity index (χ0n) is 18.5.